The summed E-state index contributed by atoms with van der Waals surface area (Å²) >= 11 is 1.82. The maximum Gasteiger partial charge on any atom is 0.0902 e. The number of hydrogen-bond acceptors (Lipinski definition) is 3. The van der Waals surface area contributed by atoms with Crippen molar-refractivity contribution in [2.24, 2.45) is 0 Å². The summed E-state index contributed by atoms with van der Waals surface area (Å²) in [5.74, 6) is 0. The molecule has 0 radical (unpaired) electrons. The number of fused-ring (bicyclic) bond motifs is 12. The zero-order chi connectivity index (χ0) is 18.2. The molecular weight excluding hydrogens is 362 g/mol. The SMILES string of the molecule is c1ccc2c(c1)nc1c3sc4ccccc4c3c3ncc4[nH]cccc4c3c21. The minimum absolute atomic E-state index is 1.04. The number of nitrogens with one attached hydrogen (secondary N) is 1. The fourth-order valence-corrected chi connectivity index (χ4v) is 5.69. The van der Waals surface area contributed by atoms with E-state index in [0.29, 0.717) is 0 Å². The van der Waals surface area contributed by atoms with E-state index < -0.39 is 0 Å². The molecule has 0 spiro atoms. The van der Waals surface area contributed by atoms with Gasteiger partial charge in [0.25, 0.3) is 0 Å². The number of aromatic amines is 1. The van der Waals surface area contributed by atoms with Crippen LogP contribution >= 0.6 is 11.3 Å². The number of thiophene rings is 1. The first kappa shape index (κ1) is 14.5. The number of H-pyrrole nitrogens is 1. The third kappa shape index (κ3) is 1.69. The van der Waals surface area contributed by atoms with Gasteiger partial charge in [-0.1, -0.05) is 42.5 Å². The molecule has 3 aromatic carbocycles. The third-order valence-electron chi connectivity index (χ3n) is 5.66. The van der Waals surface area contributed by atoms with Crippen LogP contribution in [0.4, 0.5) is 0 Å². The van der Waals surface area contributed by atoms with Crippen molar-refractivity contribution in [3.05, 3.63) is 73.1 Å². The van der Waals surface area contributed by atoms with Crippen molar-refractivity contribution >= 4 is 75.1 Å². The average molecular weight is 375 g/mol. The summed E-state index contributed by atoms with van der Waals surface area (Å²) in [4.78, 5) is 13.4. The Balaban J connectivity index is 1.95. The molecule has 0 fully saturated rings. The van der Waals surface area contributed by atoms with Crippen LogP contribution < -0.4 is 0 Å². The Morgan fingerprint density at radius 2 is 1.50 bits per heavy atom. The average Bonchev–Trinajstić information content (AvgIpc) is 3.32. The second-order valence-corrected chi connectivity index (χ2v) is 8.19. The van der Waals surface area contributed by atoms with E-state index in [0.717, 1.165) is 22.1 Å². The molecule has 4 aromatic heterocycles. The maximum absolute atomic E-state index is 5.07. The quantitative estimate of drug-likeness (QED) is 0.297. The number of pyridine rings is 2. The van der Waals surface area contributed by atoms with E-state index in [-0.39, 0.29) is 0 Å². The largest absolute Gasteiger partial charge is 0.360 e. The molecule has 0 unspecified atom stereocenters. The second-order valence-electron chi connectivity index (χ2n) is 7.13. The molecule has 7 rings (SSSR count). The minimum atomic E-state index is 1.04. The summed E-state index contributed by atoms with van der Waals surface area (Å²) in [6, 6.07) is 21.3. The van der Waals surface area contributed by atoms with Gasteiger partial charge < -0.3 is 4.98 Å². The summed E-state index contributed by atoms with van der Waals surface area (Å²) in [5.41, 5.74) is 4.23. The summed E-state index contributed by atoms with van der Waals surface area (Å²) in [6.07, 6.45) is 3.90. The predicted molar refractivity (Wildman–Crippen MR) is 119 cm³/mol. The normalized spacial score (nSPS) is 12.3. The van der Waals surface area contributed by atoms with Crippen LogP contribution in [0.25, 0.3) is 63.8 Å². The molecule has 0 aliphatic heterocycles. The van der Waals surface area contributed by atoms with Crippen molar-refractivity contribution in [1.29, 1.82) is 0 Å². The molecule has 4 heteroatoms. The lowest BCUT2D eigenvalue weighted by atomic mass is 9.99. The first-order valence-corrected chi connectivity index (χ1v) is 10.1. The van der Waals surface area contributed by atoms with Crippen LogP contribution in [0.1, 0.15) is 0 Å². The molecule has 0 aliphatic rings. The van der Waals surface area contributed by atoms with Crippen molar-refractivity contribution in [2.45, 2.75) is 0 Å². The summed E-state index contributed by atoms with van der Waals surface area (Å²) < 4.78 is 2.51. The van der Waals surface area contributed by atoms with Crippen molar-refractivity contribution in [3.63, 3.8) is 0 Å². The number of hydrogen-bond donors (Lipinski definition) is 1. The zero-order valence-corrected chi connectivity index (χ0v) is 15.5. The highest BCUT2D eigenvalue weighted by molar-refractivity contribution is 7.27. The van der Waals surface area contributed by atoms with Crippen LogP contribution in [0.15, 0.2) is 73.1 Å². The molecule has 130 valence electrons. The fraction of sp³-hybridized carbons (Fsp3) is 0. The first-order valence-electron chi connectivity index (χ1n) is 9.27. The van der Waals surface area contributed by atoms with Gasteiger partial charge in [0.1, 0.15) is 0 Å². The van der Waals surface area contributed by atoms with Crippen molar-refractivity contribution in [2.75, 3.05) is 0 Å². The molecule has 0 saturated heterocycles. The Bertz CT molecular complexity index is 1720. The maximum atomic E-state index is 5.07. The lowest BCUT2D eigenvalue weighted by molar-refractivity contribution is 1.37. The molecule has 0 aliphatic carbocycles. The molecule has 0 atom stereocenters. The van der Waals surface area contributed by atoms with Gasteiger partial charge >= 0.3 is 0 Å². The van der Waals surface area contributed by atoms with E-state index in [2.05, 4.69) is 65.6 Å². The van der Waals surface area contributed by atoms with Crippen LogP contribution in [0.3, 0.4) is 0 Å². The van der Waals surface area contributed by atoms with E-state index in [4.69, 9.17) is 9.97 Å². The molecule has 4 heterocycles. The molecule has 3 nitrogen and oxygen atoms in total. The van der Waals surface area contributed by atoms with Gasteiger partial charge in [0.05, 0.1) is 33.0 Å². The van der Waals surface area contributed by atoms with Gasteiger partial charge in [-0.25, -0.2) is 4.98 Å². The van der Waals surface area contributed by atoms with Crippen LogP contribution in [0, 0.1) is 0 Å². The van der Waals surface area contributed by atoms with Gasteiger partial charge in [0, 0.05) is 43.2 Å². The zero-order valence-electron chi connectivity index (χ0n) is 14.7. The van der Waals surface area contributed by atoms with Crippen LogP contribution in [-0.4, -0.2) is 15.0 Å². The Morgan fingerprint density at radius 1 is 0.714 bits per heavy atom. The number of aromatic nitrogens is 3. The molecule has 7 aromatic rings. The van der Waals surface area contributed by atoms with E-state index in [9.17, 15) is 0 Å². The van der Waals surface area contributed by atoms with E-state index in [1.165, 1.54) is 41.7 Å². The Hall–Kier alpha value is -3.50. The number of benzene rings is 3. The molecule has 0 bridgehead atoms. The van der Waals surface area contributed by atoms with Gasteiger partial charge in [0.15, 0.2) is 0 Å². The minimum Gasteiger partial charge on any atom is -0.360 e. The highest BCUT2D eigenvalue weighted by Gasteiger charge is 2.20. The smallest absolute Gasteiger partial charge is 0.0902 e. The number of rotatable bonds is 0. The lowest BCUT2D eigenvalue weighted by Crippen LogP contribution is -1.87. The summed E-state index contributed by atoms with van der Waals surface area (Å²) in [7, 11) is 0. The lowest BCUT2D eigenvalue weighted by Gasteiger charge is -2.07. The van der Waals surface area contributed by atoms with E-state index in [1.54, 1.807) is 0 Å². The molecule has 0 amide bonds. The van der Waals surface area contributed by atoms with Gasteiger partial charge in [-0.3, -0.25) is 4.98 Å². The fourth-order valence-electron chi connectivity index (χ4n) is 4.49. The third-order valence-corrected chi connectivity index (χ3v) is 6.83. The van der Waals surface area contributed by atoms with Gasteiger partial charge in [-0.2, -0.15) is 0 Å². The standard InChI is InChI=1S/C24H13N3S/c1-3-9-16-13(6-1)20-19-14-8-5-11-25-17(14)12-26-22(19)21-15-7-2-4-10-18(15)28-24(21)23(20)27-16/h1-12,25H. The molecule has 0 saturated carbocycles. The van der Waals surface area contributed by atoms with Crippen molar-refractivity contribution < 1.29 is 0 Å². The van der Waals surface area contributed by atoms with Crippen LogP contribution in [0.5, 0.6) is 0 Å². The highest BCUT2D eigenvalue weighted by atomic mass is 32.1. The van der Waals surface area contributed by atoms with Gasteiger partial charge in [0.2, 0.25) is 0 Å². The second kappa shape index (κ2) is 5.06. The summed E-state index contributed by atoms with van der Waals surface area (Å²) in [6.45, 7) is 0. The molecular formula is C24H13N3S. The first-order chi connectivity index (χ1) is 13.9. The van der Waals surface area contributed by atoms with Crippen LogP contribution in [-0.2, 0) is 0 Å². The molecule has 1 N–H and O–H groups in total. The Morgan fingerprint density at radius 3 is 2.46 bits per heavy atom. The van der Waals surface area contributed by atoms with E-state index in [1.807, 2.05) is 23.7 Å². The number of nitrogens with zero attached hydrogens (tertiary/aromatic N) is 2. The van der Waals surface area contributed by atoms with E-state index >= 15 is 0 Å². The Kier molecular flexibility index (Phi) is 2.63. The van der Waals surface area contributed by atoms with Crippen molar-refractivity contribution in [3.8, 4) is 0 Å². The Labute approximate surface area is 163 Å². The topological polar surface area (TPSA) is 41.6 Å². The molecule has 28 heavy (non-hydrogen) atoms. The highest BCUT2D eigenvalue weighted by Crippen LogP contribution is 2.46. The monoisotopic (exact) mass is 375 g/mol. The van der Waals surface area contributed by atoms with Crippen LogP contribution in [0.2, 0.25) is 0 Å². The van der Waals surface area contributed by atoms with Crippen molar-refractivity contribution in [1.82, 2.24) is 15.0 Å². The van der Waals surface area contributed by atoms with Gasteiger partial charge in [-0.15, -0.1) is 11.3 Å². The predicted octanol–water partition coefficient (Wildman–Crippen LogP) is 6.79. The summed E-state index contributed by atoms with van der Waals surface area (Å²) in [5, 5.41) is 7.26. The van der Waals surface area contributed by atoms with Gasteiger partial charge in [-0.05, 0) is 18.2 Å². The number of para-hydroxylation sites is 1.